The van der Waals surface area contributed by atoms with E-state index in [1.165, 1.54) is 0 Å². The normalized spacial score (nSPS) is 18.0. The summed E-state index contributed by atoms with van der Waals surface area (Å²) >= 11 is 3.41. The molecule has 23 heavy (non-hydrogen) atoms. The summed E-state index contributed by atoms with van der Waals surface area (Å²) in [6, 6.07) is 5.64. The van der Waals surface area contributed by atoms with Gasteiger partial charge in [0.15, 0.2) is 11.5 Å². The number of hydrogen-bond donors (Lipinski definition) is 0. The lowest BCUT2D eigenvalue weighted by Gasteiger charge is -2.28. The van der Waals surface area contributed by atoms with Crippen LogP contribution in [-0.2, 0) is 4.74 Å². The van der Waals surface area contributed by atoms with Crippen LogP contribution in [0, 0.1) is 0 Å². The van der Waals surface area contributed by atoms with Gasteiger partial charge in [-0.1, -0.05) is 15.9 Å². The molecule has 1 fully saturated rings. The summed E-state index contributed by atoms with van der Waals surface area (Å²) in [5.41, 5.74) is -0.486. The van der Waals surface area contributed by atoms with Crippen molar-refractivity contribution < 1.29 is 19.0 Å². The fourth-order valence-corrected chi connectivity index (χ4v) is 2.86. The van der Waals surface area contributed by atoms with Crippen LogP contribution in [0.1, 0.15) is 33.6 Å². The Labute approximate surface area is 146 Å². The summed E-state index contributed by atoms with van der Waals surface area (Å²) in [5, 5.41) is 0. The number of carbonyl (C=O) groups excluding carboxylic acids is 1. The number of nitrogens with zero attached hydrogens (tertiary/aromatic N) is 1. The third-order valence-electron chi connectivity index (χ3n) is 3.56. The van der Waals surface area contributed by atoms with Gasteiger partial charge in [-0.3, -0.25) is 0 Å². The molecule has 0 N–H and O–H groups in total. The Morgan fingerprint density at radius 3 is 2.74 bits per heavy atom. The van der Waals surface area contributed by atoms with Gasteiger partial charge in [-0.25, -0.2) is 4.79 Å². The van der Waals surface area contributed by atoms with Gasteiger partial charge in [-0.15, -0.1) is 0 Å². The second kappa shape index (κ2) is 7.43. The van der Waals surface area contributed by atoms with Gasteiger partial charge in [-0.05, 0) is 51.8 Å². The molecule has 0 saturated carbocycles. The van der Waals surface area contributed by atoms with E-state index in [2.05, 4.69) is 15.9 Å². The van der Waals surface area contributed by atoms with Gasteiger partial charge in [0.25, 0.3) is 0 Å². The molecule has 128 valence electrons. The minimum absolute atomic E-state index is 0.0261. The predicted octanol–water partition coefficient (Wildman–Crippen LogP) is 4.24. The maximum Gasteiger partial charge on any atom is 0.410 e. The quantitative estimate of drug-likeness (QED) is 0.777. The zero-order valence-corrected chi connectivity index (χ0v) is 15.7. The van der Waals surface area contributed by atoms with Crippen molar-refractivity contribution in [3.05, 3.63) is 22.7 Å². The molecule has 1 aliphatic rings. The number of rotatable bonds is 4. The highest BCUT2D eigenvalue weighted by atomic mass is 79.9. The Kier molecular flexibility index (Phi) is 5.79. The lowest BCUT2D eigenvalue weighted by atomic mass is 10.2. The van der Waals surface area contributed by atoms with Gasteiger partial charge in [-0.2, -0.15) is 0 Å². The number of amides is 1. The summed E-state index contributed by atoms with van der Waals surface area (Å²) in [4.78, 5) is 14.0. The van der Waals surface area contributed by atoms with Crippen LogP contribution >= 0.6 is 15.9 Å². The number of hydrogen-bond acceptors (Lipinski definition) is 4. The first kappa shape index (κ1) is 17.9. The van der Waals surface area contributed by atoms with E-state index in [1.807, 2.05) is 39.0 Å². The minimum atomic E-state index is -0.486. The molecular formula is C17H24BrNO4. The zero-order chi connectivity index (χ0) is 17.0. The Bertz CT molecular complexity index is 556. The summed E-state index contributed by atoms with van der Waals surface area (Å²) in [5.74, 6) is 1.34. The fraction of sp³-hybridized carbons (Fsp3) is 0.588. The maximum atomic E-state index is 12.3. The van der Waals surface area contributed by atoms with Crippen molar-refractivity contribution in [2.75, 3.05) is 20.3 Å². The predicted molar refractivity (Wildman–Crippen MR) is 92.2 cm³/mol. The van der Waals surface area contributed by atoms with Crippen molar-refractivity contribution in [2.45, 2.75) is 45.3 Å². The average Bonchev–Trinajstić information content (AvgIpc) is 2.92. The molecule has 0 aliphatic carbocycles. The van der Waals surface area contributed by atoms with Gasteiger partial charge in [0.05, 0.1) is 13.2 Å². The van der Waals surface area contributed by atoms with Crippen molar-refractivity contribution in [1.82, 2.24) is 4.90 Å². The van der Waals surface area contributed by atoms with Crippen LogP contribution in [0.15, 0.2) is 22.7 Å². The van der Waals surface area contributed by atoms with E-state index >= 15 is 0 Å². The fourth-order valence-electron chi connectivity index (χ4n) is 2.52. The van der Waals surface area contributed by atoms with Gasteiger partial charge in [0.1, 0.15) is 12.2 Å². The van der Waals surface area contributed by atoms with Crippen LogP contribution in [0.4, 0.5) is 4.79 Å². The number of ether oxygens (including phenoxy) is 3. The largest absolute Gasteiger partial charge is 0.493 e. The van der Waals surface area contributed by atoms with Gasteiger partial charge in [0.2, 0.25) is 0 Å². The lowest BCUT2D eigenvalue weighted by Crippen LogP contribution is -2.42. The highest BCUT2D eigenvalue weighted by Crippen LogP contribution is 2.31. The Morgan fingerprint density at radius 2 is 2.09 bits per heavy atom. The van der Waals surface area contributed by atoms with Crippen molar-refractivity contribution in [3.8, 4) is 11.5 Å². The molecule has 1 aromatic carbocycles. The van der Waals surface area contributed by atoms with E-state index < -0.39 is 5.60 Å². The molecular weight excluding hydrogens is 362 g/mol. The molecule has 1 atom stereocenters. The molecule has 5 nitrogen and oxygen atoms in total. The van der Waals surface area contributed by atoms with Crippen LogP contribution in [0.2, 0.25) is 0 Å². The SMILES string of the molecule is COc1cc(Br)ccc1OC[C@H]1CCCN1C(=O)OC(C)(C)C. The highest BCUT2D eigenvalue weighted by molar-refractivity contribution is 9.10. The van der Waals surface area contributed by atoms with Crippen molar-refractivity contribution >= 4 is 22.0 Å². The Balaban J connectivity index is 1.98. The van der Waals surface area contributed by atoms with E-state index in [9.17, 15) is 4.79 Å². The second-order valence-electron chi connectivity index (χ2n) is 6.58. The van der Waals surface area contributed by atoms with E-state index in [4.69, 9.17) is 14.2 Å². The molecule has 1 aromatic rings. The molecule has 1 amide bonds. The molecule has 0 spiro atoms. The van der Waals surface area contributed by atoms with Crippen molar-refractivity contribution in [2.24, 2.45) is 0 Å². The minimum Gasteiger partial charge on any atom is -0.493 e. The van der Waals surface area contributed by atoms with Gasteiger partial charge < -0.3 is 19.1 Å². The smallest absolute Gasteiger partial charge is 0.410 e. The van der Waals surface area contributed by atoms with E-state index in [-0.39, 0.29) is 12.1 Å². The number of halogens is 1. The first-order valence-electron chi connectivity index (χ1n) is 7.76. The van der Waals surface area contributed by atoms with E-state index in [1.54, 1.807) is 12.0 Å². The monoisotopic (exact) mass is 385 g/mol. The summed E-state index contributed by atoms with van der Waals surface area (Å²) in [6.45, 7) is 6.76. The zero-order valence-electron chi connectivity index (χ0n) is 14.1. The third kappa shape index (κ3) is 5.03. The van der Waals surface area contributed by atoms with Crippen molar-refractivity contribution in [1.29, 1.82) is 0 Å². The molecule has 0 radical (unpaired) electrons. The van der Waals surface area contributed by atoms with Crippen molar-refractivity contribution in [3.63, 3.8) is 0 Å². The van der Waals surface area contributed by atoms with Gasteiger partial charge in [0, 0.05) is 11.0 Å². The molecule has 1 heterocycles. The third-order valence-corrected chi connectivity index (χ3v) is 4.06. The van der Waals surface area contributed by atoms with Gasteiger partial charge >= 0.3 is 6.09 Å². The standard InChI is InChI=1S/C17H24BrNO4/c1-17(2,3)23-16(20)19-9-5-6-13(19)11-22-14-8-7-12(18)10-15(14)21-4/h7-8,10,13H,5-6,9,11H2,1-4H3/t13-/m1/s1. The molecule has 2 rings (SSSR count). The topological polar surface area (TPSA) is 48.0 Å². The van der Waals surface area contributed by atoms with E-state index in [0.717, 1.165) is 17.3 Å². The van der Waals surface area contributed by atoms with E-state index in [0.29, 0.717) is 24.7 Å². The molecule has 1 aliphatic heterocycles. The Morgan fingerprint density at radius 1 is 1.35 bits per heavy atom. The summed E-state index contributed by atoms with van der Waals surface area (Å²) in [6.07, 6.45) is 1.61. The molecule has 0 aromatic heterocycles. The number of carbonyl (C=O) groups is 1. The second-order valence-corrected chi connectivity index (χ2v) is 7.49. The van der Waals surface area contributed by atoms with Crippen LogP contribution in [0.5, 0.6) is 11.5 Å². The first-order valence-corrected chi connectivity index (χ1v) is 8.55. The molecule has 0 bridgehead atoms. The number of methoxy groups -OCH3 is 1. The summed E-state index contributed by atoms with van der Waals surface area (Å²) in [7, 11) is 1.61. The lowest BCUT2D eigenvalue weighted by molar-refractivity contribution is 0.0187. The van der Waals surface area contributed by atoms with Crippen LogP contribution < -0.4 is 9.47 Å². The molecule has 6 heteroatoms. The average molecular weight is 386 g/mol. The Hall–Kier alpha value is -1.43. The first-order chi connectivity index (χ1) is 10.8. The van der Waals surface area contributed by atoms with Crippen LogP contribution in [0.3, 0.4) is 0 Å². The molecule has 1 saturated heterocycles. The number of benzene rings is 1. The molecule has 0 unspecified atom stereocenters. The van der Waals surface area contributed by atoms with Crippen LogP contribution in [-0.4, -0.2) is 42.9 Å². The maximum absolute atomic E-state index is 12.3. The summed E-state index contributed by atoms with van der Waals surface area (Å²) < 4.78 is 17.6. The highest BCUT2D eigenvalue weighted by Gasteiger charge is 2.32. The number of likely N-dealkylation sites (tertiary alicyclic amines) is 1. The van der Waals surface area contributed by atoms with Crippen LogP contribution in [0.25, 0.3) is 0 Å².